The Morgan fingerprint density at radius 2 is 0.703 bits per heavy atom. The first kappa shape index (κ1) is 105. The zero-order valence-corrected chi connectivity index (χ0v) is 84.4. The molecule has 0 radical (unpaired) electrons. The Labute approximate surface area is 853 Å². The molecule has 1 aliphatic carbocycles. The van der Waals surface area contributed by atoms with Crippen LogP contribution >= 0.6 is 0 Å². The molecule has 6 unspecified atom stereocenters. The van der Waals surface area contributed by atoms with Crippen LogP contribution in [-0.4, -0.2) is 202 Å². The Balaban J connectivity index is 0.000000135. The van der Waals surface area contributed by atoms with Gasteiger partial charge in [0.1, 0.15) is 113 Å². The highest BCUT2D eigenvalue weighted by Crippen LogP contribution is 2.50. The predicted molar refractivity (Wildman–Crippen MR) is 538 cm³/mol. The monoisotopic (exact) mass is 2040 g/mol. The highest BCUT2D eigenvalue weighted by atomic mass is 19.1. The summed E-state index contributed by atoms with van der Waals surface area (Å²) in [6, 6.07) is 31.8. The molecule has 39 heteroatoms. The number of nitrogens with two attached hydrogens (primary N) is 4. The average molecular weight is 2040 g/mol. The minimum atomic E-state index is -1.54. The number of benzene rings is 8. The zero-order chi connectivity index (χ0) is 106. The molecule has 20 rings (SSSR count). The maximum absolute atomic E-state index is 14.8. The molecule has 8 aromatic rings. The molecule has 8 aromatic carbocycles. The fraction of sp³-hybridized carbons (Fsp3) is 0.450. The van der Waals surface area contributed by atoms with Crippen LogP contribution in [0.25, 0.3) is 0 Å². The molecule has 148 heavy (non-hydrogen) atoms. The van der Waals surface area contributed by atoms with Gasteiger partial charge in [0.15, 0.2) is 23.8 Å². The minimum absolute atomic E-state index is 0.0314. The van der Waals surface area contributed by atoms with Gasteiger partial charge in [0.05, 0.1) is 133 Å². The molecule has 784 valence electrons. The van der Waals surface area contributed by atoms with Gasteiger partial charge in [-0.15, -0.1) is 0 Å². The fourth-order valence-corrected chi connectivity index (χ4v) is 21.4. The average Bonchev–Trinajstić information content (AvgIpc) is 0.696. The lowest BCUT2D eigenvalue weighted by Crippen LogP contribution is -2.53. The van der Waals surface area contributed by atoms with Crippen LogP contribution in [0.4, 0.5) is 17.6 Å². The van der Waals surface area contributed by atoms with Crippen LogP contribution < -0.4 is 77.4 Å². The van der Waals surface area contributed by atoms with Crippen LogP contribution in [0, 0.1) is 23.3 Å². The van der Waals surface area contributed by atoms with Crippen LogP contribution in [0.15, 0.2) is 166 Å². The Hall–Kier alpha value is -14.4. The van der Waals surface area contributed by atoms with Crippen LogP contribution in [-0.2, 0) is 25.6 Å². The van der Waals surface area contributed by atoms with Crippen molar-refractivity contribution in [2.45, 2.75) is 266 Å². The number of rotatable bonds is 17. The molecular formula is C109H126F4N16O19. The number of nitrogens with zero attached hydrogens (tertiary/aromatic N) is 8. The van der Waals surface area contributed by atoms with Gasteiger partial charge >= 0.3 is 0 Å². The van der Waals surface area contributed by atoms with Gasteiger partial charge in [0.2, 0.25) is 23.6 Å². The molecule has 0 fully saturated rings. The normalized spacial score (nSPS) is 27.7. The van der Waals surface area contributed by atoms with Crippen LogP contribution in [0.1, 0.15) is 306 Å². The van der Waals surface area contributed by atoms with Crippen molar-refractivity contribution in [3.63, 3.8) is 0 Å². The maximum atomic E-state index is 14.8. The Morgan fingerprint density at radius 1 is 0.378 bits per heavy atom. The molecule has 0 bridgehead atoms. The van der Waals surface area contributed by atoms with Gasteiger partial charge in [-0.3, -0.25) is 58.0 Å². The second-order valence-corrected chi connectivity index (χ2v) is 41.3. The summed E-state index contributed by atoms with van der Waals surface area (Å²) in [6.07, 6.45) is 7.34. The number of nitrogens with one attached hydrogen (secondary N) is 4. The Kier molecular flexibility index (Phi) is 29.3. The number of aliphatic hydroxyl groups excluding tert-OH is 1. The van der Waals surface area contributed by atoms with Crippen molar-refractivity contribution in [1.82, 2.24) is 40.9 Å². The topological polar surface area (TPSA) is 497 Å². The van der Waals surface area contributed by atoms with E-state index in [0.717, 1.165) is 24.0 Å². The van der Waals surface area contributed by atoms with Crippen molar-refractivity contribution in [2.24, 2.45) is 42.9 Å². The Bertz CT molecular complexity index is 6250. The number of halogens is 4. The lowest BCUT2D eigenvalue weighted by atomic mass is 9.84. The first-order valence-corrected chi connectivity index (χ1v) is 50.2. The summed E-state index contributed by atoms with van der Waals surface area (Å²) in [5, 5.41) is 54.5. The van der Waals surface area contributed by atoms with E-state index < -0.39 is 134 Å². The molecular weight excluding hydrogens is 1910 g/mol. The molecule has 35 nitrogen and oxygen atoms in total. The molecule has 8 amide bonds. The Morgan fingerprint density at radius 3 is 1.05 bits per heavy atom. The van der Waals surface area contributed by atoms with E-state index in [1.165, 1.54) is 90.1 Å². The molecule has 12 aliphatic rings. The first-order valence-electron chi connectivity index (χ1n) is 50.2. The molecule has 15 atom stereocenters. The number of aliphatic hydroxyl groups is 4. The molecule has 11 heterocycles. The third kappa shape index (κ3) is 20.8. The molecule has 11 aliphatic heterocycles. The van der Waals surface area contributed by atoms with Crippen LogP contribution in [0.5, 0.6) is 40.2 Å². The number of aryl methyl sites for hydroxylation is 1. The number of fused-ring (bicyclic) bond motifs is 8. The van der Waals surface area contributed by atoms with E-state index in [1.807, 2.05) is 61.5 Å². The van der Waals surface area contributed by atoms with Gasteiger partial charge < -0.3 is 97.8 Å². The number of aliphatic imine (C=N–C) groups is 4. The molecule has 16 N–H and O–H groups in total. The van der Waals surface area contributed by atoms with Crippen LogP contribution in [0.2, 0.25) is 0 Å². The summed E-state index contributed by atoms with van der Waals surface area (Å²) in [7, 11) is 0. The third-order valence-electron chi connectivity index (χ3n) is 30.6. The number of amides is 8. The minimum Gasteiger partial charge on any atom is -0.493 e. The van der Waals surface area contributed by atoms with Crippen molar-refractivity contribution < 1.29 is 110 Å². The van der Waals surface area contributed by atoms with Crippen molar-refractivity contribution in [2.75, 3.05) is 46.2 Å². The van der Waals surface area contributed by atoms with E-state index in [0.29, 0.717) is 140 Å². The SMILES string of the molecule is CCC1(CC)CC(=O)N([C@@H]2CCOc3ccc(C(=O)N[C@H]4c5cc(F)ccc5OC[C@@H]4O)cc32)C(N)=N1.CC[C@]1(C)CC(=O)N([C@@H]2CCCc3ccc(C(=O)NC4c5c(F)cccc5OCC4(C)O)cc32)C(N)=N1.CC[C@]1(C)CC(=O)N([C@@H]2CCOc3ccc(C(=O)NC4c5c(F)cccc5OCC4(C)O)cc32)C(N)=N1.CC[C@]1(C)CC(=O)N([C@@H]2CCOc3ccc(C(=O)NC4c5c(F)cccc5OCC4(C)O)cc32)C(N)=N1. The third-order valence-corrected chi connectivity index (χ3v) is 30.6. The van der Waals surface area contributed by atoms with Gasteiger partial charge in [-0.25, -0.2) is 37.5 Å². The predicted octanol–water partition coefficient (Wildman–Crippen LogP) is 12.5. The quantitative estimate of drug-likeness (QED) is 0.0377. The molecule has 0 saturated heterocycles. The second-order valence-electron chi connectivity index (χ2n) is 41.3. The number of carbonyl (C=O) groups is 8. The van der Waals surface area contributed by atoms with E-state index in [1.54, 1.807) is 89.8 Å². The number of hydrogen-bond acceptors (Lipinski definition) is 27. The molecule has 0 aromatic heterocycles. The highest BCUT2D eigenvalue weighted by Gasteiger charge is 2.51. The second kappa shape index (κ2) is 41.3. The van der Waals surface area contributed by atoms with E-state index >= 15 is 0 Å². The summed E-state index contributed by atoms with van der Waals surface area (Å²) < 4.78 is 97.6. The number of carbonyl (C=O) groups excluding carboxylic acids is 8. The summed E-state index contributed by atoms with van der Waals surface area (Å²) in [5.74, 6) is -1.03. The largest absolute Gasteiger partial charge is 0.493 e. The van der Waals surface area contributed by atoms with Gasteiger partial charge in [-0.2, -0.15) is 0 Å². The van der Waals surface area contributed by atoms with Crippen molar-refractivity contribution in [1.29, 1.82) is 0 Å². The highest BCUT2D eigenvalue weighted by molar-refractivity contribution is 6.04. The van der Waals surface area contributed by atoms with E-state index in [2.05, 4.69) is 36.2 Å². The fourth-order valence-electron chi connectivity index (χ4n) is 21.4. The van der Waals surface area contributed by atoms with Crippen molar-refractivity contribution >= 4 is 71.1 Å². The van der Waals surface area contributed by atoms with Crippen molar-refractivity contribution in [3.8, 4) is 40.2 Å². The number of hydrogen-bond donors (Lipinski definition) is 12. The lowest BCUT2D eigenvalue weighted by Gasteiger charge is -2.41. The van der Waals surface area contributed by atoms with Gasteiger partial charge in [-0.1, -0.05) is 58.9 Å². The standard InChI is InChI=1S/C28H33FN4O4.3C27H31FN4O5/c1-4-27(2)14-22(34)33(26(30)32-27)20-9-5-7-16-11-12-17(13-18(16)20)25(35)31-24-23-19(29)8-6-10-21(23)37-15-28(24,3)36;2*1-4-26(2)13-21(33)32(25(29)31-26)18-10-11-36-19-9-8-15(12-16(18)19)24(34)30-23-22-17(28)6-5-7-20(22)37-14-27(23,3)35;1-3-27(4-2)13-23(34)32(26(29)31-27)19-9-10-36-21-7-5-15(11-17(19)21)25(35)30-24-18-12-16(28)6-8-22(18)37-14-20(24)33/h6,8,10-13,20,24,36H,4-5,7,9,14-15H2,1-3H3,(H2,30,32)(H,31,35);2*5-9,12,18,23,35H,4,10-11,13-14H2,1-3H3,(H2,29,31)(H,30,34);5-8,11-12,19-20,24,33H,3-4,9-10,13-14H2,1-2H3,(H2,29,31)(H,30,35)/t20-,24?,27-,28?;2*18-,23?,26-,27?;19-,20+,24+/m1111/s1. The van der Waals surface area contributed by atoms with Gasteiger partial charge in [-0.05, 0) is 225 Å². The van der Waals surface area contributed by atoms with Crippen LogP contribution in [0.3, 0.4) is 0 Å². The van der Waals surface area contributed by atoms with E-state index in [-0.39, 0.29) is 145 Å². The number of guanidine groups is 4. The van der Waals surface area contributed by atoms with Crippen molar-refractivity contribution in [3.05, 3.63) is 241 Å². The van der Waals surface area contributed by atoms with Gasteiger partial charge in [0.25, 0.3) is 23.6 Å². The summed E-state index contributed by atoms with van der Waals surface area (Å²) in [4.78, 5) is 131. The number of ether oxygens (including phenoxy) is 7. The molecule has 0 saturated carbocycles. The smallest absolute Gasteiger partial charge is 0.251 e. The summed E-state index contributed by atoms with van der Waals surface area (Å²) in [6.45, 7) is 20.9. The zero-order valence-electron chi connectivity index (χ0n) is 84.4. The van der Waals surface area contributed by atoms with Gasteiger partial charge in [0, 0.05) is 63.8 Å². The van der Waals surface area contributed by atoms with E-state index in [4.69, 9.17) is 61.1 Å². The molecule has 0 spiro atoms. The summed E-state index contributed by atoms with van der Waals surface area (Å²) >= 11 is 0. The lowest BCUT2D eigenvalue weighted by molar-refractivity contribution is -0.132. The summed E-state index contributed by atoms with van der Waals surface area (Å²) in [5.41, 5.74) is 24.2. The first-order chi connectivity index (χ1) is 70.3. The van der Waals surface area contributed by atoms with E-state index in [9.17, 15) is 76.3 Å². The maximum Gasteiger partial charge on any atom is 0.251 e.